The van der Waals surface area contributed by atoms with Gasteiger partial charge in [0.1, 0.15) is 0 Å². The van der Waals surface area contributed by atoms with Crippen molar-refractivity contribution < 1.29 is 5.11 Å². The van der Waals surface area contributed by atoms with Crippen molar-refractivity contribution in [2.75, 3.05) is 26.2 Å². The molecule has 3 heteroatoms. The molecular formula is C13H24N2O. The van der Waals surface area contributed by atoms with E-state index in [2.05, 4.69) is 24.8 Å². The second kappa shape index (κ2) is 6.22. The van der Waals surface area contributed by atoms with Crippen molar-refractivity contribution in [3.63, 3.8) is 0 Å². The number of hydrogen-bond donors (Lipinski definition) is 1. The van der Waals surface area contributed by atoms with Crippen LogP contribution >= 0.6 is 0 Å². The topological polar surface area (TPSA) is 47.3 Å². The Hall–Kier alpha value is -0.590. The van der Waals surface area contributed by atoms with Gasteiger partial charge < -0.3 is 10.0 Å². The predicted octanol–water partition coefficient (Wildman–Crippen LogP) is 2.02. The summed E-state index contributed by atoms with van der Waals surface area (Å²) in [7, 11) is 0. The van der Waals surface area contributed by atoms with E-state index in [0.717, 1.165) is 38.9 Å². The second-order valence-corrected chi connectivity index (χ2v) is 5.72. The SMILES string of the molecule is CC(C)(CCC#N)CN1CCC(CO)CC1. The van der Waals surface area contributed by atoms with Gasteiger partial charge in [-0.1, -0.05) is 13.8 Å². The molecule has 1 aliphatic heterocycles. The van der Waals surface area contributed by atoms with Crippen molar-refractivity contribution >= 4 is 0 Å². The largest absolute Gasteiger partial charge is 0.396 e. The van der Waals surface area contributed by atoms with Crippen LogP contribution in [0.25, 0.3) is 0 Å². The van der Waals surface area contributed by atoms with Gasteiger partial charge in [0.25, 0.3) is 0 Å². The van der Waals surface area contributed by atoms with Crippen molar-refractivity contribution in [2.45, 2.75) is 39.5 Å². The summed E-state index contributed by atoms with van der Waals surface area (Å²) in [4.78, 5) is 2.48. The molecule has 1 heterocycles. The standard InChI is InChI=1S/C13H24N2O/c1-13(2,6-3-7-14)11-15-8-4-12(10-16)5-9-15/h12,16H,3-6,8-11H2,1-2H3. The van der Waals surface area contributed by atoms with Gasteiger partial charge in [-0.3, -0.25) is 0 Å². The Morgan fingerprint density at radius 2 is 2.00 bits per heavy atom. The average Bonchev–Trinajstić information content (AvgIpc) is 2.27. The highest BCUT2D eigenvalue weighted by molar-refractivity contribution is 4.82. The first-order valence-corrected chi connectivity index (χ1v) is 6.27. The summed E-state index contributed by atoms with van der Waals surface area (Å²) in [6, 6.07) is 2.23. The number of nitriles is 1. The van der Waals surface area contributed by atoms with Crippen LogP contribution in [0, 0.1) is 22.7 Å². The van der Waals surface area contributed by atoms with Gasteiger partial charge in [0.05, 0.1) is 6.07 Å². The van der Waals surface area contributed by atoms with E-state index >= 15 is 0 Å². The minimum Gasteiger partial charge on any atom is -0.396 e. The van der Waals surface area contributed by atoms with Crippen LogP contribution in [0.2, 0.25) is 0 Å². The van der Waals surface area contributed by atoms with Gasteiger partial charge in [0.2, 0.25) is 0 Å². The maximum Gasteiger partial charge on any atom is 0.0621 e. The number of aliphatic hydroxyl groups excluding tert-OH is 1. The lowest BCUT2D eigenvalue weighted by molar-refractivity contribution is 0.0980. The fraction of sp³-hybridized carbons (Fsp3) is 0.923. The molecule has 1 N–H and O–H groups in total. The number of piperidine rings is 1. The summed E-state index contributed by atoms with van der Waals surface area (Å²) in [5.41, 5.74) is 0.238. The summed E-state index contributed by atoms with van der Waals surface area (Å²) in [6.07, 6.45) is 3.86. The fourth-order valence-corrected chi connectivity index (χ4v) is 2.41. The van der Waals surface area contributed by atoms with Gasteiger partial charge in [0.15, 0.2) is 0 Å². The van der Waals surface area contributed by atoms with Crippen molar-refractivity contribution in [3.8, 4) is 6.07 Å². The molecule has 1 fully saturated rings. The molecule has 16 heavy (non-hydrogen) atoms. The van der Waals surface area contributed by atoms with Gasteiger partial charge in [-0.2, -0.15) is 5.26 Å². The molecule has 0 amide bonds. The quantitative estimate of drug-likeness (QED) is 0.777. The third-order valence-electron chi connectivity index (χ3n) is 3.53. The number of likely N-dealkylation sites (tertiary alicyclic amines) is 1. The van der Waals surface area contributed by atoms with E-state index in [4.69, 9.17) is 10.4 Å². The lowest BCUT2D eigenvalue weighted by Gasteiger charge is -2.36. The van der Waals surface area contributed by atoms with Crippen molar-refractivity contribution in [2.24, 2.45) is 11.3 Å². The molecule has 0 aliphatic carbocycles. The highest BCUT2D eigenvalue weighted by Crippen LogP contribution is 2.26. The Morgan fingerprint density at radius 1 is 1.38 bits per heavy atom. The van der Waals surface area contributed by atoms with E-state index in [1.807, 2.05) is 0 Å². The summed E-state index contributed by atoms with van der Waals surface area (Å²) < 4.78 is 0. The lowest BCUT2D eigenvalue weighted by Crippen LogP contribution is -2.40. The lowest BCUT2D eigenvalue weighted by atomic mass is 9.86. The van der Waals surface area contributed by atoms with Crippen molar-refractivity contribution in [1.29, 1.82) is 5.26 Å². The minimum absolute atomic E-state index is 0.238. The number of aliphatic hydroxyl groups is 1. The summed E-state index contributed by atoms with van der Waals surface area (Å²) in [6.45, 7) is 8.09. The van der Waals surface area contributed by atoms with E-state index in [9.17, 15) is 0 Å². The maximum atomic E-state index is 9.07. The molecule has 0 bridgehead atoms. The highest BCUT2D eigenvalue weighted by Gasteiger charge is 2.25. The Kier molecular flexibility index (Phi) is 5.24. The van der Waals surface area contributed by atoms with Gasteiger partial charge in [-0.25, -0.2) is 0 Å². The molecule has 0 spiro atoms. The van der Waals surface area contributed by atoms with Crippen molar-refractivity contribution in [1.82, 2.24) is 4.90 Å². The van der Waals surface area contributed by atoms with Crippen LogP contribution in [0.3, 0.4) is 0 Å². The summed E-state index contributed by atoms with van der Waals surface area (Å²) in [5, 5.41) is 17.7. The molecule has 0 aromatic rings. The van der Waals surface area contributed by atoms with Crippen LogP contribution in [0.5, 0.6) is 0 Å². The molecule has 0 aromatic carbocycles. The summed E-state index contributed by atoms with van der Waals surface area (Å²) in [5.74, 6) is 0.512. The van der Waals surface area contributed by atoms with E-state index in [1.54, 1.807) is 0 Å². The van der Waals surface area contributed by atoms with E-state index in [1.165, 1.54) is 0 Å². The van der Waals surface area contributed by atoms with Crippen LogP contribution in [0.15, 0.2) is 0 Å². The molecule has 3 nitrogen and oxygen atoms in total. The Morgan fingerprint density at radius 3 is 2.50 bits per heavy atom. The Balaban J connectivity index is 2.30. The zero-order valence-corrected chi connectivity index (χ0v) is 10.6. The molecule has 1 aliphatic rings. The molecule has 0 radical (unpaired) electrons. The Labute approximate surface area is 99.1 Å². The van der Waals surface area contributed by atoms with Gasteiger partial charge in [-0.15, -0.1) is 0 Å². The number of hydrogen-bond acceptors (Lipinski definition) is 3. The third-order valence-corrected chi connectivity index (χ3v) is 3.53. The first-order valence-electron chi connectivity index (χ1n) is 6.27. The monoisotopic (exact) mass is 224 g/mol. The van der Waals surface area contributed by atoms with Gasteiger partial charge >= 0.3 is 0 Å². The molecule has 0 aromatic heterocycles. The van der Waals surface area contributed by atoms with E-state index < -0.39 is 0 Å². The zero-order valence-electron chi connectivity index (χ0n) is 10.6. The number of rotatable bonds is 5. The molecule has 0 unspecified atom stereocenters. The van der Waals surface area contributed by atoms with E-state index in [0.29, 0.717) is 18.9 Å². The Bertz CT molecular complexity index is 237. The smallest absolute Gasteiger partial charge is 0.0621 e. The third kappa shape index (κ3) is 4.51. The van der Waals surface area contributed by atoms with Crippen LogP contribution in [0.1, 0.15) is 39.5 Å². The second-order valence-electron chi connectivity index (χ2n) is 5.72. The molecule has 0 atom stereocenters. The number of nitrogens with zero attached hydrogens (tertiary/aromatic N) is 2. The normalized spacial score (nSPS) is 19.6. The highest BCUT2D eigenvalue weighted by atomic mass is 16.3. The molecule has 1 saturated heterocycles. The van der Waals surface area contributed by atoms with Crippen LogP contribution in [-0.2, 0) is 0 Å². The summed E-state index contributed by atoms with van der Waals surface area (Å²) >= 11 is 0. The first-order chi connectivity index (χ1) is 7.57. The molecule has 92 valence electrons. The van der Waals surface area contributed by atoms with Crippen LogP contribution in [0.4, 0.5) is 0 Å². The first kappa shape index (κ1) is 13.5. The minimum atomic E-state index is 0.238. The van der Waals surface area contributed by atoms with Gasteiger partial charge in [-0.05, 0) is 43.7 Å². The molecular weight excluding hydrogens is 200 g/mol. The van der Waals surface area contributed by atoms with Crippen LogP contribution in [-0.4, -0.2) is 36.2 Å². The van der Waals surface area contributed by atoms with Crippen LogP contribution < -0.4 is 0 Å². The van der Waals surface area contributed by atoms with E-state index in [-0.39, 0.29) is 5.41 Å². The molecule has 1 rings (SSSR count). The zero-order chi connectivity index (χ0) is 12.0. The predicted molar refractivity (Wildman–Crippen MR) is 64.9 cm³/mol. The average molecular weight is 224 g/mol. The van der Waals surface area contributed by atoms with Crippen molar-refractivity contribution in [3.05, 3.63) is 0 Å². The van der Waals surface area contributed by atoms with Gasteiger partial charge in [0, 0.05) is 19.6 Å². The fourth-order valence-electron chi connectivity index (χ4n) is 2.41. The molecule has 0 saturated carbocycles. The maximum absolute atomic E-state index is 9.07.